The van der Waals surface area contributed by atoms with Crippen LogP contribution in [0.1, 0.15) is 38.5 Å². The summed E-state index contributed by atoms with van der Waals surface area (Å²) in [7, 11) is 0. The molecule has 0 spiro atoms. The van der Waals surface area contributed by atoms with Gasteiger partial charge in [0.2, 0.25) is 0 Å². The van der Waals surface area contributed by atoms with Gasteiger partial charge in [0.05, 0.1) is 12.7 Å². The molecule has 1 saturated heterocycles. The lowest BCUT2D eigenvalue weighted by molar-refractivity contribution is -0.327. The quantitative estimate of drug-likeness (QED) is 0.501. The van der Waals surface area contributed by atoms with E-state index in [0.29, 0.717) is 6.10 Å². The summed E-state index contributed by atoms with van der Waals surface area (Å²) in [5.41, 5.74) is 0. The van der Waals surface area contributed by atoms with Crippen LogP contribution in [0.15, 0.2) is 0 Å². The van der Waals surface area contributed by atoms with Gasteiger partial charge in [-0.2, -0.15) is 0 Å². The van der Waals surface area contributed by atoms with E-state index in [1.54, 1.807) is 0 Å². The zero-order valence-corrected chi connectivity index (χ0v) is 6.92. The van der Waals surface area contributed by atoms with Crippen LogP contribution in [-0.2, 0) is 9.78 Å². The predicted octanol–water partition coefficient (Wildman–Crippen LogP) is 2.29. The first-order valence-electron chi connectivity index (χ1n) is 4.75. The summed E-state index contributed by atoms with van der Waals surface area (Å²) in [5.74, 6) is 0.797. The van der Waals surface area contributed by atoms with Crippen LogP contribution in [0, 0.1) is 5.92 Å². The second-order valence-corrected chi connectivity index (χ2v) is 3.64. The molecule has 2 fully saturated rings. The minimum Gasteiger partial charge on any atom is -0.236 e. The van der Waals surface area contributed by atoms with Gasteiger partial charge < -0.3 is 0 Å². The first kappa shape index (κ1) is 7.56. The van der Waals surface area contributed by atoms with Gasteiger partial charge in [-0.3, -0.25) is 0 Å². The van der Waals surface area contributed by atoms with E-state index in [1.807, 2.05) is 0 Å². The van der Waals surface area contributed by atoms with Crippen molar-refractivity contribution in [2.24, 2.45) is 5.92 Å². The molecule has 2 aliphatic rings. The topological polar surface area (TPSA) is 18.5 Å². The van der Waals surface area contributed by atoms with Gasteiger partial charge in [0.1, 0.15) is 0 Å². The van der Waals surface area contributed by atoms with Gasteiger partial charge in [-0.15, -0.1) is 0 Å². The molecule has 0 bridgehead atoms. The Labute approximate surface area is 67.8 Å². The third-order valence-corrected chi connectivity index (χ3v) is 2.83. The highest BCUT2D eigenvalue weighted by Crippen LogP contribution is 2.31. The molecule has 0 N–H and O–H groups in total. The maximum Gasteiger partial charge on any atom is 0.0958 e. The molecule has 0 radical (unpaired) electrons. The molecule has 0 aromatic rings. The lowest BCUT2D eigenvalue weighted by Gasteiger charge is -2.27. The average molecular weight is 156 g/mol. The van der Waals surface area contributed by atoms with Gasteiger partial charge >= 0.3 is 0 Å². The van der Waals surface area contributed by atoms with Crippen molar-refractivity contribution in [1.82, 2.24) is 0 Å². The Kier molecular flexibility index (Phi) is 2.44. The van der Waals surface area contributed by atoms with Crippen LogP contribution in [0.2, 0.25) is 0 Å². The summed E-state index contributed by atoms with van der Waals surface area (Å²) in [4.78, 5) is 10.4. The standard InChI is InChI=1S/C9H16O2/c1-2-6-9-8(4-1)5-3-7-10-11-9/h8-9H,1-7H2. The highest BCUT2D eigenvalue weighted by molar-refractivity contribution is 4.75. The van der Waals surface area contributed by atoms with E-state index in [4.69, 9.17) is 9.78 Å². The lowest BCUT2D eigenvalue weighted by atomic mass is 9.84. The average Bonchev–Trinajstić information content (AvgIpc) is 2.28. The zero-order valence-electron chi connectivity index (χ0n) is 6.92. The summed E-state index contributed by atoms with van der Waals surface area (Å²) in [5, 5.41) is 0. The van der Waals surface area contributed by atoms with Crippen molar-refractivity contribution in [2.45, 2.75) is 44.6 Å². The van der Waals surface area contributed by atoms with Crippen LogP contribution < -0.4 is 0 Å². The number of hydrogen-bond donors (Lipinski definition) is 0. The molecule has 0 aromatic carbocycles. The third kappa shape index (κ3) is 1.74. The highest BCUT2D eigenvalue weighted by atomic mass is 17.2. The first-order valence-corrected chi connectivity index (χ1v) is 4.75. The second-order valence-electron chi connectivity index (χ2n) is 3.64. The minimum atomic E-state index is 0.422. The summed E-state index contributed by atoms with van der Waals surface area (Å²) in [6.07, 6.45) is 8.20. The summed E-state index contributed by atoms with van der Waals surface area (Å²) in [6.45, 7) is 0.799. The van der Waals surface area contributed by atoms with Gasteiger partial charge in [0.25, 0.3) is 0 Å². The maximum absolute atomic E-state index is 5.31. The van der Waals surface area contributed by atoms with Gasteiger partial charge in [0, 0.05) is 0 Å². The van der Waals surface area contributed by atoms with E-state index in [9.17, 15) is 0 Å². The van der Waals surface area contributed by atoms with Crippen LogP contribution in [0.5, 0.6) is 0 Å². The van der Waals surface area contributed by atoms with Crippen molar-refractivity contribution in [3.8, 4) is 0 Å². The molecule has 0 amide bonds. The summed E-state index contributed by atoms with van der Waals surface area (Å²) < 4.78 is 0. The zero-order chi connectivity index (χ0) is 7.52. The van der Waals surface area contributed by atoms with E-state index in [-0.39, 0.29) is 0 Å². The van der Waals surface area contributed by atoms with Gasteiger partial charge in [-0.25, -0.2) is 9.78 Å². The Morgan fingerprint density at radius 1 is 0.909 bits per heavy atom. The number of fused-ring (bicyclic) bond motifs is 1. The molecule has 1 aliphatic carbocycles. The SMILES string of the molecule is C1CCC2OOCCCC2C1. The highest BCUT2D eigenvalue weighted by Gasteiger charge is 2.28. The van der Waals surface area contributed by atoms with Crippen LogP contribution in [-0.4, -0.2) is 12.7 Å². The molecule has 11 heavy (non-hydrogen) atoms. The molecule has 2 heteroatoms. The lowest BCUT2D eigenvalue weighted by Crippen LogP contribution is -2.25. The fourth-order valence-electron chi connectivity index (χ4n) is 2.17. The fraction of sp³-hybridized carbons (Fsp3) is 1.00. The molecule has 2 unspecified atom stereocenters. The Morgan fingerprint density at radius 2 is 1.73 bits per heavy atom. The summed E-state index contributed by atoms with van der Waals surface area (Å²) >= 11 is 0. The van der Waals surface area contributed by atoms with Crippen LogP contribution in [0.3, 0.4) is 0 Å². The van der Waals surface area contributed by atoms with Crippen LogP contribution in [0.25, 0.3) is 0 Å². The minimum absolute atomic E-state index is 0.422. The van der Waals surface area contributed by atoms with E-state index in [0.717, 1.165) is 12.5 Å². The molecule has 1 heterocycles. The molecular formula is C9H16O2. The fourth-order valence-corrected chi connectivity index (χ4v) is 2.17. The molecule has 64 valence electrons. The van der Waals surface area contributed by atoms with E-state index < -0.39 is 0 Å². The smallest absolute Gasteiger partial charge is 0.0958 e. The van der Waals surface area contributed by atoms with Crippen LogP contribution >= 0.6 is 0 Å². The Morgan fingerprint density at radius 3 is 2.73 bits per heavy atom. The Bertz CT molecular complexity index is 111. The molecule has 1 saturated carbocycles. The second kappa shape index (κ2) is 3.55. The molecule has 0 aromatic heterocycles. The molecular weight excluding hydrogens is 140 g/mol. The number of rotatable bonds is 0. The van der Waals surface area contributed by atoms with Crippen molar-refractivity contribution in [3.05, 3.63) is 0 Å². The third-order valence-electron chi connectivity index (χ3n) is 2.83. The molecule has 2 rings (SSSR count). The van der Waals surface area contributed by atoms with Crippen molar-refractivity contribution in [3.63, 3.8) is 0 Å². The summed E-state index contributed by atoms with van der Waals surface area (Å²) in [6, 6.07) is 0. The van der Waals surface area contributed by atoms with Gasteiger partial charge in [0.15, 0.2) is 0 Å². The van der Waals surface area contributed by atoms with Gasteiger partial charge in [-0.05, 0) is 31.6 Å². The van der Waals surface area contributed by atoms with E-state index >= 15 is 0 Å². The molecule has 2 atom stereocenters. The monoisotopic (exact) mass is 156 g/mol. The Hall–Kier alpha value is -0.0800. The maximum atomic E-state index is 5.31. The van der Waals surface area contributed by atoms with Gasteiger partial charge in [-0.1, -0.05) is 12.8 Å². The van der Waals surface area contributed by atoms with E-state index in [1.165, 1.54) is 38.5 Å². The molecule has 1 aliphatic heterocycles. The normalized spacial score (nSPS) is 39.3. The van der Waals surface area contributed by atoms with Crippen molar-refractivity contribution in [2.75, 3.05) is 6.61 Å². The van der Waals surface area contributed by atoms with Crippen molar-refractivity contribution in [1.29, 1.82) is 0 Å². The van der Waals surface area contributed by atoms with Crippen molar-refractivity contribution < 1.29 is 9.78 Å². The van der Waals surface area contributed by atoms with E-state index in [2.05, 4.69) is 0 Å². The number of hydrogen-bond acceptors (Lipinski definition) is 2. The van der Waals surface area contributed by atoms with Crippen LogP contribution in [0.4, 0.5) is 0 Å². The predicted molar refractivity (Wildman–Crippen MR) is 42.0 cm³/mol. The van der Waals surface area contributed by atoms with Crippen molar-refractivity contribution >= 4 is 0 Å². The molecule has 2 nitrogen and oxygen atoms in total. The largest absolute Gasteiger partial charge is 0.236 e. The first-order chi connectivity index (χ1) is 5.47. The Balaban J connectivity index is 1.93.